The molecule has 0 saturated heterocycles. The summed E-state index contributed by atoms with van der Waals surface area (Å²) in [7, 11) is 0. The van der Waals surface area contributed by atoms with Crippen LogP contribution in [0.25, 0.3) is 0 Å². The van der Waals surface area contributed by atoms with Gasteiger partial charge in [-0.3, -0.25) is 4.79 Å². The third-order valence-electron chi connectivity index (χ3n) is 1.04. The summed E-state index contributed by atoms with van der Waals surface area (Å²) in [6.45, 7) is 0.501. The van der Waals surface area contributed by atoms with E-state index in [0.29, 0.717) is 19.4 Å². The molecule has 0 radical (unpaired) electrons. The third kappa shape index (κ3) is 3.93. The Hall–Kier alpha value is -0.610. The Morgan fingerprint density at radius 2 is 2.22 bits per heavy atom. The Labute approximate surface area is 53.8 Å². The van der Waals surface area contributed by atoms with Gasteiger partial charge in [0.25, 0.3) is 0 Å². The van der Waals surface area contributed by atoms with Crippen LogP contribution in [-0.2, 0) is 4.79 Å². The number of nitrogens with two attached hydrogens (primary N) is 2. The maximum atomic E-state index is 10.0. The fraction of sp³-hybridized carbons (Fsp3) is 0.800. The molecule has 0 bridgehead atoms. The highest BCUT2D eigenvalue weighted by atomic mass is 16.5. The topological polar surface area (TPSA) is 89.3 Å². The lowest BCUT2D eigenvalue weighted by molar-refractivity contribution is -0.138. The highest BCUT2D eigenvalue weighted by Gasteiger charge is 2.08. The van der Waals surface area contributed by atoms with Crippen molar-refractivity contribution in [2.45, 2.75) is 18.9 Å². The molecule has 0 heterocycles. The lowest BCUT2D eigenvalue weighted by atomic mass is 11.1. The lowest BCUT2D eigenvalue weighted by Crippen LogP contribution is -2.30. The third-order valence-corrected chi connectivity index (χ3v) is 1.04. The summed E-state index contributed by atoms with van der Waals surface area (Å²) >= 11 is 0. The number of hydrogen-bond donors (Lipinski definition) is 3. The SMILES string of the molecule is [15NH2][13CH2][13CH2][13CH2][13C@H]([15NH2])[13C](=O)O. The van der Waals surface area contributed by atoms with Crippen molar-refractivity contribution in [1.82, 2.24) is 0 Å². The van der Waals surface area contributed by atoms with Gasteiger partial charge < -0.3 is 16.6 Å². The molecule has 1 atom stereocenters. The van der Waals surface area contributed by atoms with Crippen molar-refractivity contribution in [3.8, 4) is 0 Å². The predicted molar refractivity (Wildman–Crippen MR) is 33.9 cm³/mol. The van der Waals surface area contributed by atoms with Crippen LogP contribution in [0, 0.1) is 0 Å². The van der Waals surface area contributed by atoms with Gasteiger partial charge in [0.15, 0.2) is 0 Å². The molecule has 0 aromatic carbocycles. The molecule has 0 amide bonds. The molecule has 4 heteroatoms. The number of hydrogen-bond acceptors (Lipinski definition) is 3. The largest absolute Gasteiger partial charge is 0.480 e. The molecular weight excluding hydrogens is 127 g/mol. The van der Waals surface area contributed by atoms with E-state index in [-0.39, 0.29) is 0 Å². The molecule has 5 N–H and O–H groups in total. The summed E-state index contributed by atoms with van der Waals surface area (Å²) in [6.07, 6.45) is 1.14. The minimum absolute atomic E-state index is 0.464. The minimum atomic E-state index is -0.955. The Morgan fingerprint density at radius 3 is 2.56 bits per heavy atom. The first-order valence-electron chi connectivity index (χ1n) is 2.87. The Morgan fingerprint density at radius 1 is 1.67 bits per heavy atom. The van der Waals surface area contributed by atoms with E-state index in [1.54, 1.807) is 0 Å². The second kappa shape index (κ2) is 4.29. The van der Waals surface area contributed by atoms with Gasteiger partial charge in [-0.25, -0.2) is 0 Å². The molecule has 0 aliphatic carbocycles. The second-order valence-corrected chi connectivity index (χ2v) is 1.88. The highest BCUT2D eigenvalue weighted by Crippen LogP contribution is 1.91. The summed E-state index contributed by atoms with van der Waals surface area (Å²) in [5, 5.41) is 8.24. The number of aliphatic carboxylic acids is 1. The highest BCUT2D eigenvalue weighted by molar-refractivity contribution is 5.72. The van der Waals surface area contributed by atoms with E-state index < -0.39 is 12.0 Å². The number of carbonyl (C=O) groups is 1. The van der Waals surface area contributed by atoms with Crippen LogP contribution >= 0.6 is 0 Å². The van der Waals surface area contributed by atoms with Crippen LogP contribution in [-0.4, -0.2) is 23.7 Å². The van der Waals surface area contributed by atoms with Crippen molar-refractivity contribution in [2.75, 3.05) is 6.54 Å². The Bertz CT molecular complexity index is 95.0. The Balaban J connectivity index is 3.27. The van der Waals surface area contributed by atoms with Gasteiger partial charge in [-0.15, -0.1) is 0 Å². The zero-order chi connectivity index (χ0) is 7.28. The van der Waals surface area contributed by atoms with E-state index in [1.165, 1.54) is 0 Å². The van der Waals surface area contributed by atoms with Gasteiger partial charge in [-0.2, -0.15) is 0 Å². The fourth-order valence-electron chi connectivity index (χ4n) is 0.461. The van der Waals surface area contributed by atoms with Gasteiger partial charge in [0, 0.05) is 0 Å². The van der Waals surface area contributed by atoms with Crippen LogP contribution < -0.4 is 11.5 Å². The predicted octanol–water partition coefficient (Wildman–Crippen LogP) is -0.863. The first-order chi connectivity index (χ1) is 4.18. The molecule has 0 unspecified atom stereocenters. The zero-order valence-electron chi connectivity index (χ0n) is 5.21. The lowest BCUT2D eigenvalue weighted by Gasteiger charge is -2.02. The standard InChI is InChI=1S/C5H12N2O2/c6-3-1-2-4(7)5(8)9/h4H,1-3,6-7H2,(H,8,9)/t4-/m0/s1/i1+1,2+1,3+1,4+1,5+1,6+1,7+1. The summed E-state index contributed by atoms with van der Waals surface area (Å²) in [5.41, 5.74) is 10.3. The van der Waals surface area contributed by atoms with E-state index in [2.05, 4.69) is 0 Å². The van der Waals surface area contributed by atoms with Crippen molar-refractivity contribution < 1.29 is 9.90 Å². The molecule has 0 aliphatic rings. The second-order valence-electron chi connectivity index (χ2n) is 1.88. The van der Waals surface area contributed by atoms with E-state index >= 15 is 0 Å². The van der Waals surface area contributed by atoms with Crippen molar-refractivity contribution in [1.29, 1.82) is 0 Å². The first kappa shape index (κ1) is 8.39. The average Bonchev–Trinajstić information content (AvgIpc) is 1.82. The van der Waals surface area contributed by atoms with Crippen LogP contribution in [0.3, 0.4) is 0 Å². The molecule has 4 nitrogen and oxygen atoms in total. The van der Waals surface area contributed by atoms with Gasteiger partial charge in [-0.1, -0.05) is 0 Å². The van der Waals surface area contributed by atoms with E-state index in [9.17, 15) is 4.79 Å². The van der Waals surface area contributed by atoms with Gasteiger partial charge >= 0.3 is 5.97 Å². The molecule has 54 valence electrons. The average molecular weight is 139 g/mol. The summed E-state index contributed by atoms with van der Waals surface area (Å²) in [4.78, 5) is 10.0. The summed E-state index contributed by atoms with van der Waals surface area (Å²) in [5.74, 6) is -0.955. The summed E-state index contributed by atoms with van der Waals surface area (Å²) in [6, 6.07) is -0.742. The smallest absolute Gasteiger partial charge is 0.320 e. The fourth-order valence-corrected chi connectivity index (χ4v) is 0.461. The van der Waals surface area contributed by atoms with Crippen LogP contribution in [0.2, 0.25) is 0 Å². The number of carboxylic acids is 1. The van der Waals surface area contributed by atoms with E-state index in [4.69, 9.17) is 16.6 Å². The van der Waals surface area contributed by atoms with Crippen molar-refractivity contribution >= 4 is 5.97 Å². The van der Waals surface area contributed by atoms with Crippen LogP contribution in [0.4, 0.5) is 0 Å². The van der Waals surface area contributed by atoms with Crippen molar-refractivity contribution in [3.05, 3.63) is 0 Å². The molecule has 0 aromatic heterocycles. The molecule has 9 heavy (non-hydrogen) atoms. The van der Waals surface area contributed by atoms with Crippen LogP contribution in [0.5, 0.6) is 0 Å². The molecule has 0 saturated carbocycles. The molecule has 0 aromatic rings. The van der Waals surface area contributed by atoms with Gasteiger partial charge in [0.1, 0.15) is 6.04 Å². The molecule has 0 aliphatic heterocycles. The van der Waals surface area contributed by atoms with Crippen molar-refractivity contribution in [2.24, 2.45) is 11.5 Å². The molecule has 0 rings (SSSR count). The Kier molecular flexibility index (Phi) is 4.00. The van der Waals surface area contributed by atoms with Gasteiger partial charge in [0.2, 0.25) is 0 Å². The molecule has 0 spiro atoms. The molecule has 0 fully saturated rings. The van der Waals surface area contributed by atoms with Crippen molar-refractivity contribution in [3.63, 3.8) is 0 Å². The maximum Gasteiger partial charge on any atom is 0.320 e. The van der Waals surface area contributed by atoms with E-state index in [0.717, 1.165) is 0 Å². The molecular formula is C5H12N2O2. The first-order valence-corrected chi connectivity index (χ1v) is 2.87. The number of carboxylic acid groups (broad SMARTS) is 1. The van der Waals surface area contributed by atoms with Crippen LogP contribution in [0.15, 0.2) is 0 Å². The van der Waals surface area contributed by atoms with E-state index in [1.807, 2.05) is 0 Å². The normalized spacial score (nSPS) is 13.1. The van der Waals surface area contributed by atoms with Crippen LogP contribution in [0.1, 0.15) is 12.8 Å². The number of rotatable bonds is 4. The minimum Gasteiger partial charge on any atom is -0.480 e. The zero-order valence-corrected chi connectivity index (χ0v) is 5.21. The maximum absolute atomic E-state index is 10.0. The summed E-state index contributed by atoms with van der Waals surface area (Å²) < 4.78 is 0. The van der Waals surface area contributed by atoms with Gasteiger partial charge in [0.05, 0.1) is 0 Å². The quantitative estimate of drug-likeness (QED) is 0.349. The monoisotopic (exact) mass is 139 g/mol. The van der Waals surface area contributed by atoms with Gasteiger partial charge in [-0.05, 0) is 19.4 Å².